The van der Waals surface area contributed by atoms with Gasteiger partial charge in [-0.2, -0.15) is 0 Å². The Kier molecular flexibility index (Phi) is 3.33. The standard InChI is InChI=1S/C9H15NO4/c1-6(2)10-4-8(14-9(10)12)5-13-7(3)11/h6,8H,4-5H2,1-3H3/t8-/m0/s1. The highest BCUT2D eigenvalue weighted by atomic mass is 16.6. The summed E-state index contributed by atoms with van der Waals surface area (Å²) in [4.78, 5) is 23.4. The number of cyclic esters (lactones) is 1. The fourth-order valence-corrected chi connectivity index (χ4v) is 1.26. The number of amides is 1. The van der Waals surface area contributed by atoms with Crippen LogP contribution in [0.2, 0.25) is 0 Å². The van der Waals surface area contributed by atoms with E-state index in [4.69, 9.17) is 9.47 Å². The molecule has 5 heteroatoms. The molecule has 0 aliphatic carbocycles. The molecule has 0 aromatic rings. The summed E-state index contributed by atoms with van der Waals surface area (Å²) in [6.07, 6.45) is -0.661. The van der Waals surface area contributed by atoms with Crippen molar-refractivity contribution in [2.75, 3.05) is 13.2 Å². The SMILES string of the molecule is CC(=O)OC[C@@H]1CN(C(C)C)C(=O)O1. The van der Waals surface area contributed by atoms with Gasteiger partial charge in [-0.05, 0) is 13.8 Å². The molecular formula is C9H15NO4. The number of hydrogen-bond donors (Lipinski definition) is 0. The summed E-state index contributed by atoms with van der Waals surface area (Å²) in [5.74, 6) is -0.357. The van der Waals surface area contributed by atoms with Gasteiger partial charge in [0, 0.05) is 13.0 Å². The second-order valence-electron chi connectivity index (χ2n) is 3.55. The summed E-state index contributed by atoms with van der Waals surface area (Å²) < 4.78 is 9.75. The van der Waals surface area contributed by atoms with Gasteiger partial charge < -0.3 is 14.4 Å². The number of esters is 1. The highest BCUT2D eigenvalue weighted by Gasteiger charge is 2.33. The van der Waals surface area contributed by atoms with Crippen molar-refractivity contribution in [3.63, 3.8) is 0 Å². The van der Waals surface area contributed by atoms with Crippen LogP contribution in [0.3, 0.4) is 0 Å². The summed E-state index contributed by atoms with van der Waals surface area (Å²) in [6, 6.07) is 0.116. The monoisotopic (exact) mass is 201 g/mol. The van der Waals surface area contributed by atoms with E-state index in [1.807, 2.05) is 13.8 Å². The predicted octanol–water partition coefficient (Wildman–Crippen LogP) is 0.779. The Labute approximate surface area is 83.0 Å². The first kappa shape index (κ1) is 10.8. The Balaban J connectivity index is 2.39. The van der Waals surface area contributed by atoms with Crippen LogP contribution < -0.4 is 0 Å². The molecule has 1 atom stereocenters. The van der Waals surface area contributed by atoms with Crippen LogP contribution in [0.25, 0.3) is 0 Å². The first-order valence-electron chi connectivity index (χ1n) is 4.61. The van der Waals surface area contributed by atoms with Crippen LogP contribution >= 0.6 is 0 Å². The molecule has 0 bridgehead atoms. The minimum atomic E-state index is -0.357. The van der Waals surface area contributed by atoms with Gasteiger partial charge in [-0.3, -0.25) is 4.79 Å². The average Bonchev–Trinajstić information content (AvgIpc) is 2.43. The van der Waals surface area contributed by atoms with Crippen molar-refractivity contribution in [1.29, 1.82) is 0 Å². The van der Waals surface area contributed by atoms with Gasteiger partial charge in [-0.15, -0.1) is 0 Å². The number of carbonyl (C=O) groups is 2. The molecule has 1 saturated heterocycles. The van der Waals surface area contributed by atoms with Gasteiger partial charge in [-0.1, -0.05) is 0 Å². The molecule has 14 heavy (non-hydrogen) atoms. The van der Waals surface area contributed by atoms with Gasteiger partial charge in [-0.25, -0.2) is 4.79 Å². The molecule has 1 rings (SSSR count). The van der Waals surface area contributed by atoms with Crippen LogP contribution in [-0.4, -0.2) is 42.3 Å². The second-order valence-corrected chi connectivity index (χ2v) is 3.55. The van der Waals surface area contributed by atoms with Gasteiger partial charge in [0.05, 0.1) is 6.54 Å². The molecule has 0 aromatic carbocycles. The molecule has 0 spiro atoms. The lowest BCUT2D eigenvalue weighted by Gasteiger charge is -2.16. The quantitative estimate of drug-likeness (QED) is 0.633. The van der Waals surface area contributed by atoms with E-state index in [1.165, 1.54) is 6.92 Å². The number of rotatable bonds is 3. The van der Waals surface area contributed by atoms with Crippen LogP contribution in [0.4, 0.5) is 4.79 Å². The Morgan fingerprint density at radius 3 is 2.79 bits per heavy atom. The van der Waals surface area contributed by atoms with Crippen molar-refractivity contribution < 1.29 is 19.1 Å². The summed E-state index contributed by atoms with van der Waals surface area (Å²) >= 11 is 0. The van der Waals surface area contributed by atoms with Crippen molar-refractivity contribution in [3.05, 3.63) is 0 Å². The lowest BCUT2D eigenvalue weighted by molar-refractivity contribution is -0.143. The Morgan fingerprint density at radius 2 is 2.36 bits per heavy atom. The minimum absolute atomic E-state index is 0.116. The van der Waals surface area contributed by atoms with Crippen LogP contribution in [0.1, 0.15) is 20.8 Å². The van der Waals surface area contributed by atoms with Crippen LogP contribution in [0, 0.1) is 0 Å². The molecule has 1 fully saturated rings. The highest BCUT2D eigenvalue weighted by molar-refractivity contribution is 5.70. The number of nitrogens with zero attached hydrogens (tertiary/aromatic N) is 1. The fraction of sp³-hybridized carbons (Fsp3) is 0.778. The maximum Gasteiger partial charge on any atom is 0.410 e. The Bertz CT molecular complexity index is 239. The Hall–Kier alpha value is -1.26. The smallest absolute Gasteiger partial charge is 0.410 e. The maximum absolute atomic E-state index is 11.2. The zero-order valence-corrected chi connectivity index (χ0v) is 8.65. The van der Waals surface area contributed by atoms with E-state index < -0.39 is 0 Å². The third kappa shape index (κ3) is 2.61. The summed E-state index contributed by atoms with van der Waals surface area (Å²) in [5.41, 5.74) is 0. The Morgan fingerprint density at radius 1 is 1.71 bits per heavy atom. The molecule has 5 nitrogen and oxygen atoms in total. The maximum atomic E-state index is 11.2. The van der Waals surface area contributed by atoms with Gasteiger partial charge >= 0.3 is 12.1 Å². The van der Waals surface area contributed by atoms with Crippen molar-refractivity contribution in [3.8, 4) is 0 Å². The molecular weight excluding hydrogens is 186 g/mol. The van der Waals surface area contributed by atoms with E-state index in [0.717, 1.165) is 0 Å². The lowest BCUT2D eigenvalue weighted by atomic mass is 10.3. The van der Waals surface area contributed by atoms with E-state index in [2.05, 4.69) is 0 Å². The predicted molar refractivity (Wildman–Crippen MR) is 48.7 cm³/mol. The fourth-order valence-electron chi connectivity index (χ4n) is 1.26. The number of carbonyl (C=O) groups excluding carboxylic acids is 2. The van der Waals surface area contributed by atoms with Gasteiger partial charge in [0.2, 0.25) is 0 Å². The van der Waals surface area contributed by atoms with Crippen molar-refractivity contribution in [1.82, 2.24) is 4.90 Å². The van der Waals surface area contributed by atoms with Crippen LogP contribution in [-0.2, 0) is 14.3 Å². The van der Waals surface area contributed by atoms with Gasteiger partial charge in [0.15, 0.2) is 6.10 Å². The van der Waals surface area contributed by atoms with E-state index in [9.17, 15) is 9.59 Å². The molecule has 1 aliphatic heterocycles. The summed E-state index contributed by atoms with van der Waals surface area (Å²) in [7, 11) is 0. The first-order valence-corrected chi connectivity index (χ1v) is 4.61. The van der Waals surface area contributed by atoms with E-state index in [-0.39, 0.29) is 30.8 Å². The third-order valence-electron chi connectivity index (χ3n) is 2.00. The highest BCUT2D eigenvalue weighted by Crippen LogP contribution is 2.14. The van der Waals surface area contributed by atoms with Crippen LogP contribution in [0.15, 0.2) is 0 Å². The molecule has 0 saturated carbocycles. The van der Waals surface area contributed by atoms with Crippen molar-refractivity contribution >= 4 is 12.1 Å². The van der Waals surface area contributed by atoms with E-state index in [0.29, 0.717) is 6.54 Å². The topological polar surface area (TPSA) is 55.8 Å². The normalized spacial score (nSPS) is 21.3. The van der Waals surface area contributed by atoms with E-state index >= 15 is 0 Å². The average molecular weight is 201 g/mol. The zero-order chi connectivity index (χ0) is 10.7. The van der Waals surface area contributed by atoms with Crippen LogP contribution in [0.5, 0.6) is 0 Å². The second kappa shape index (κ2) is 4.30. The molecule has 1 amide bonds. The van der Waals surface area contributed by atoms with Crippen molar-refractivity contribution in [2.45, 2.75) is 32.9 Å². The van der Waals surface area contributed by atoms with E-state index in [1.54, 1.807) is 4.90 Å². The molecule has 80 valence electrons. The zero-order valence-electron chi connectivity index (χ0n) is 8.65. The molecule has 0 N–H and O–H groups in total. The molecule has 1 heterocycles. The third-order valence-corrected chi connectivity index (χ3v) is 2.00. The molecule has 1 aliphatic rings. The molecule has 0 unspecified atom stereocenters. The summed E-state index contributed by atoms with van der Waals surface area (Å²) in [6.45, 7) is 5.79. The van der Waals surface area contributed by atoms with Crippen molar-refractivity contribution in [2.24, 2.45) is 0 Å². The largest absolute Gasteiger partial charge is 0.462 e. The molecule has 0 radical (unpaired) electrons. The first-order chi connectivity index (χ1) is 6.50. The van der Waals surface area contributed by atoms with Gasteiger partial charge in [0.1, 0.15) is 6.61 Å². The minimum Gasteiger partial charge on any atom is -0.462 e. The number of hydrogen-bond acceptors (Lipinski definition) is 4. The summed E-state index contributed by atoms with van der Waals surface area (Å²) in [5, 5.41) is 0. The van der Waals surface area contributed by atoms with Gasteiger partial charge in [0.25, 0.3) is 0 Å². The lowest BCUT2D eigenvalue weighted by Crippen LogP contribution is -2.32. The number of ether oxygens (including phenoxy) is 2. The molecule has 0 aromatic heterocycles.